The smallest absolute Gasteiger partial charge is 0.378 e. The third-order valence-electron chi connectivity index (χ3n) is 4.83. The Balaban J connectivity index is 2.32. The second-order valence-corrected chi connectivity index (χ2v) is 7.33. The van der Waals surface area contributed by atoms with Crippen LogP contribution in [-0.2, 0) is 6.18 Å². The van der Waals surface area contributed by atoms with E-state index in [1.165, 1.54) is 6.07 Å². The lowest BCUT2D eigenvalue weighted by molar-refractivity contribution is -0.137. The first kappa shape index (κ1) is 19.9. The Hall–Kier alpha value is -2.82. The summed E-state index contributed by atoms with van der Waals surface area (Å²) in [6.45, 7) is 5.99. The molecule has 0 amide bonds. The number of hydrogen-bond acceptors (Lipinski definition) is 2. The molecule has 2 aromatic carbocycles. The minimum Gasteiger partial charge on any atom is -0.378 e. The van der Waals surface area contributed by atoms with Crippen molar-refractivity contribution >= 4 is 5.69 Å². The summed E-state index contributed by atoms with van der Waals surface area (Å²) in [4.78, 5) is 6.29. The van der Waals surface area contributed by atoms with Crippen LogP contribution in [0.4, 0.5) is 18.9 Å². The molecule has 3 rings (SSSR count). The standard InChI is InChI=1S/C23H23F3N2/c1-14-10-15(2)22(16(3)11-14)19-7-6-17(23(24,25)26)12-20(19)21-13-18(28(4)5)8-9-27-21/h6-13H,1-5H3. The van der Waals surface area contributed by atoms with Crippen LogP contribution in [0.25, 0.3) is 22.4 Å². The van der Waals surface area contributed by atoms with E-state index < -0.39 is 11.7 Å². The molecule has 0 N–H and O–H groups in total. The van der Waals surface area contributed by atoms with Gasteiger partial charge in [0.15, 0.2) is 0 Å². The van der Waals surface area contributed by atoms with Crippen molar-refractivity contribution in [3.63, 3.8) is 0 Å². The third-order valence-corrected chi connectivity index (χ3v) is 4.83. The van der Waals surface area contributed by atoms with Gasteiger partial charge < -0.3 is 4.90 Å². The highest BCUT2D eigenvalue weighted by molar-refractivity contribution is 5.86. The van der Waals surface area contributed by atoms with E-state index in [1.54, 1.807) is 12.3 Å². The van der Waals surface area contributed by atoms with Crippen LogP contribution in [0.1, 0.15) is 22.3 Å². The molecular formula is C23H23F3N2. The zero-order chi connectivity index (χ0) is 20.6. The molecule has 1 heterocycles. The van der Waals surface area contributed by atoms with Crippen molar-refractivity contribution in [2.75, 3.05) is 19.0 Å². The summed E-state index contributed by atoms with van der Waals surface area (Å²) in [5.74, 6) is 0. The monoisotopic (exact) mass is 384 g/mol. The molecule has 2 nitrogen and oxygen atoms in total. The van der Waals surface area contributed by atoms with Crippen molar-refractivity contribution in [1.82, 2.24) is 4.98 Å². The SMILES string of the molecule is Cc1cc(C)c(-c2ccc(C(F)(F)F)cc2-c2cc(N(C)C)ccn2)c(C)c1. The average Bonchev–Trinajstić information content (AvgIpc) is 2.60. The lowest BCUT2D eigenvalue weighted by Crippen LogP contribution is -2.09. The van der Waals surface area contributed by atoms with Gasteiger partial charge in [0, 0.05) is 31.5 Å². The Kier molecular flexibility index (Phi) is 5.20. The van der Waals surface area contributed by atoms with Gasteiger partial charge in [0.1, 0.15) is 0 Å². The molecule has 0 bridgehead atoms. The molecule has 1 aromatic heterocycles. The number of rotatable bonds is 3. The summed E-state index contributed by atoms with van der Waals surface area (Å²) >= 11 is 0. The molecule has 0 aliphatic rings. The number of halogens is 3. The number of nitrogens with zero attached hydrogens (tertiary/aromatic N) is 2. The van der Waals surface area contributed by atoms with E-state index in [2.05, 4.69) is 4.98 Å². The number of aryl methyl sites for hydroxylation is 3. The maximum Gasteiger partial charge on any atom is 0.416 e. The van der Waals surface area contributed by atoms with Gasteiger partial charge >= 0.3 is 6.18 Å². The van der Waals surface area contributed by atoms with E-state index in [0.29, 0.717) is 11.3 Å². The lowest BCUT2D eigenvalue weighted by Gasteiger charge is -2.19. The summed E-state index contributed by atoms with van der Waals surface area (Å²) in [7, 11) is 3.78. The van der Waals surface area contributed by atoms with Crippen LogP contribution >= 0.6 is 0 Å². The lowest BCUT2D eigenvalue weighted by atomic mass is 9.88. The molecular weight excluding hydrogens is 361 g/mol. The molecule has 0 aliphatic heterocycles. The van der Waals surface area contributed by atoms with Crippen molar-refractivity contribution in [1.29, 1.82) is 0 Å². The summed E-state index contributed by atoms with van der Waals surface area (Å²) in [6, 6.07) is 11.7. The van der Waals surface area contributed by atoms with Crippen LogP contribution in [0, 0.1) is 20.8 Å². The maximum atomic E-state index is 13.4. The molecule has 0 aliphatic carbocycles. The molecule has 28 heavy (non-hydrogen) atoms. The first-order valence-corrected chi connectivity index (χ1v) is 9.01. The minimum atomic E-state index is -4.41. The Bertz CT molecular complexity index is 998. The molecule has 3 aromatic rings. The average molecular weight is 384 g/mol. The van der Waals surface area contributed by atoms with Crippen molar-refractivity contribution in [3.8, 4) is 22.4 Å². The number of alkyl halides is 3. The minimum absolute atomic E-state index is 0.480. The number of hydrogen-bond donors (Lipinski definition) is 0. The van der Waals surface area contributed by atoms with Gasteiger partial charge in [0.2, 0.25) is 0 Å². The number of anilines is 1. The van der Waals surface area contributed by atoms with Gasteiger partial charge in [-0.2, -0.15) is 13.2 Å². The second-order valence-electron chi connectivity index (χ2n) is 7.33. The highest BCUT2D eigenvalue weighted by Crippen LogP contribution is 2.40. The predicted molar refractivity (Wildman–Crippen MR) is 109 cm³/mol. The first-order chi connectivity index (χ1) is 13.1. The van der Waals surface area contributed by atoms with Crippen LogP contribution < -0.4 is 4.90 Å². The predicted octanol–water partition coefficient (Wildman–Crippen LogP) is 6.43. The Morgan fingerprint density at radius 3 is 2.04 bits per heavy atom. The van der Waals surface area contributed by atoms with Gasteiger partial charge in [-0.1, -0.05) is 23.8 Å². The number of benzene rings is 2. The Labute approximate surface area is 163 Å². The van der Waals surface area contributed by atoms with E-state index >= 15 is 0 Å². The molecule has 0 fully saturated rings. The number of aromatic nitrogens is 1. The van der Waals surface area contributed by atoms with E-state index in [-0.39, 0.29) is 0 Å². The van der Waals surface area contributed by atoms with Crippen LogP contribution in [0.3, 0.4) is 0 Å². The fraction of sp³-hybridized carbons (Fsp3) is 0.261. The maximum absolute atomic E-state index is 13.4. The summed E-state index contributed by atoms with van der Waals surface area (Å²) < 4.78 is 40.2. The Morgan fingerprint density at radius 2 is 1.46 bits per heavy atom. The number of pyridine rings is 1. The molecule has 0 saturated heterocycles. The zero-order valence-corrected chi connectivity index (χ0v) is 16.6. The van der Waals surface area contributed by atoms with Crippen LogP contribution in [0.2, 0.25) is 0 Å². The van der Waals surface area contributed by atoms with E-state index in [4.69, 9.17) is 0 Å². The third kappa shape index (κ3) is 3.88. The van der Waals surface area contributed by atoms with Gasteiger partial charge in [0.05, 0.1) is 11.3 Å². The molecule has 0 saturated carbocycles. The van der Waals surface area contributed by atoms with Gasteiger partial charge in [-0.15, -0.1) is 0 Å². The summed E-state index contributed by atoms with van der Waals surface area (Å²) in [6.07, 6.45) is -2.78. The van der Waals surface area contributed by atoms with Crippen molar-refractivity contribution in [2.24, 2.45) is 0 Å². The second kappa shape index (κ2) is 7.30. The van der Waals surface area contributed by atoms with Crippen LogP contribution in [0.5, 0.6) is 0 Å². The molecule has 0 unspecified atom stereocenters. The fourth-order valence-corrected chi connectivity index (χ4v) is 3.60. The van der Waals surface area contributed by atoms with E-state index in [1.807, 2.05) is 64.0 Å². The normalized spacial score (nSPS) is 11.6. The molecule has 0 radical (unpaired) electrons. The summed E-state index contributed by atoms with van der Waals surface area (Å²) in [5.41, 5.74) is 6.10. The van der Waals surface area contributed by atoms with Crippen LogP contribution in [-0.4, -0.2) is 19.1 Å². The van der Waals surface area contributed by atoms with Crippen LogP contribution in [0.15, 0.2) is 48.7 Å². The Morgan fingerprint density at radius 1 is 0.821 bits per heavy atom. The molecule has 5 heteroatoms. The quantitative estimate of drug-likeness (QED) is 0.518. The fourth-order valence-electron chi connectivity index (χ4n) is 3.60. The van der Waals surface area contributed by atoms with Gasteiger partial charge in [-0.25, -0.2) is 0 Å². The first-order valence-electron chi connectivity index (χ1n) is 9.01. The van der Waals surface area contributed by atoms with Crippen molar-refractivity contribution in [3.05, 3.63) is 70.9 Å². The van der Waals surface area contributed by atoms with Crippen molar-refractivity contribution in [2.45, 2.75) is 26.9 Å². The zero-order valence-electron chi connectivity index (χ0n) is 16.6. The highest BCUT2D eigenvalue weighted by Gasteiger charge is 2.31. The highest BCUT2D eigenvalue weighted by atomic mass is 19.4. The van der Waals surface area contributed by atoms with Crippen molar-refractivity contribution < 1.29 is 13.2 Å². The van der Waals surface area contributed by atoms with E-state index in [9.17, 15) is 13.2 Å². The molecule has 0 spiro atoms. The van der Waals surface area contributed by atoms with E-state index in [0.717, 1.165) is 39.6 Å². The summed E-state index contributed by atoms with van der Waals surface area (Å²) in [5, 5.41) is 0. The molecule has 0 atom stereocenters. The largest absolute Gasteiger partial charge is 0.416 e. The van der Waals surface area contributed by atoms with Gasteiger partial charge in [-0.05, 0) is 67.3 Å². The van der Waals surface area contributed by atoms with Gasteiger partial charge in [0.25, 0.3) is 0 Å². The van der Waals surface area contributed by atoms with Gasteiger partial charge in [-0.3, -0.25) is 4.98 Å². The molecule has 146 valence electrons. The topological polar surface area (TPSA) is 16.1 Å².